The first-order valence-corrected chi connectivity index (χ1v) is 2.71. The van der Waals surface area contributed by atoms with Gasteiger partial charge in [0.15, 0.2) is 0 Å². The molecule has 0 radical (unpaired) electrons. The number of methoxy groups -OCH3 is 1. The largest absolute Gasteiger partial charge is 0.388 e. The molecule has 0 amide bonds. The number of hydrogen-bond acceptors (Lipinski definition) is 4. The first-order chi connectivity index (χ1) is 4.22. The van der Waals surface area contributed by atoms with Crippen molar-refractivity contribution in [3.63, 3.8) is 0 Å². The molecule has 54 valence electrons. The highest BCUT2D eigenvalue weighted by molar-refractivity contribution is 4.68. The Morgan fingerprint density at radius 3 is 2.67 bits per heavy atom. The van der Waals surface area contributed by atoms with E-state index < -0.39 is 12.1 Å². The highest BCUT2D eigenvalue weighted by Gasteiger charge is 2.12. The van der Waals surface area contributed by atoms with E-state index >= 15 is 0 Å². The number of aliphatic hydroxyl groups is 1. The van der Waals surface area contributed by atoms with Crippen molar-refractivity contribution < 1.29 is 9.84 Å². The summed E-state index contributed by atoms with van der Waals surface area (Å²) in [6, 6.07) is -0.579. The average molecular weight is 133 g/mol. The minimum absolute atomic E-state index is 0.160. The summed E-state index contributed by atoms with van der Waals surface area (Å²) >= 11 is 0. The summed E-state index contributed by atoms with van der Waals surface area (Å²) in [6.07, 6.45) is -0.771. The van der Waals surface area contributed by atoms with Gasteiger partial charge in [-0.2, -0.15) is 4.91 Å². The highest BCUT2D eigenvalue weighted by Crippen LogP contribution is 1.96. The van der Waals surface area contributed by atoms with Gasteiger partial charge >= 0.3 is 0 Å². The maximum atomic E-state index is 9.76. The maximum absolute atomic E-state index is 9.76. The van der Waals surface area contributed by atoms with Crippen molar-refractivity contribution in [2.45, 2.75) is 19.1 Å². The highest BCUT2D eigenvalue weighted by atomic mass is 16.5. The molecular weight excluding hydrogens is 122 g/mol. The van der Waals surface area contributed by atoms with Crippen LogP contribution in [0.4, 0.5) is 0 Å². The summed E-state index contributed by atoms with van der Waals surface area (Å²) in [5, 5.41) is 11.5. The first kappa shape index (κ1) is 8.52. The second kappa shape index (κ2) is 4.40. The predicted molar refractivity (Wildman–Crippen MR) is 33.1 cm³/mol. The van der Waals surface area contributed by atoms with Crippen LogP contribution < -0.4 is 0 Å². The predicted octanol–water partition coefficient (Wildman–Crippen LogP) is 0.149. The molecule has 9 heavy (non-hydrogen) atoms. The molecule has 0 aliphatic rings. The van der Waals surface area contributed by atoms with E-state index in [1.54, 1.807) is 0 Å². The van der Waals surface area contributed by atoms with Gasteiger partial charge in [-0.3, -0.25) is 0 Å². The van der Waals surface area contributed by atoms with Gasteiger partial charge in [-0.25, -0.2) is 0 Å². The minimum atomic E-state index is -0.771. The lowest BCUT2D eigenvalue weighted by Gasteiger charge is -2.09. The van der Waals surface area contributed by atoms with Gasteiger partial charge in [0.05, 0.1) is 6.61 Å². The monoisotopic (exact) mass is 133 g/mol. The Morgan fingerprint density at radius 2 is 2.33 bits per heavy atom. The van der Waals surface area contributed by atoms with E-state index in [1.807, 2.05) is 0 Å². The molecule has 0 saturated heterocycles. The Balaban J connectivity index is 3.44. The molecule has 0 heterocycles. The number of aliphatic hydroxyl groups excluding tert-OH is 1. The molecule has 4 nitrogen and oxygen atoms in total. The van der Waals surface area contributed by atoms with Crippen LogP contribution >= 0.6 is 0 Å². The summed E-state index contributed by atoms with van der Waals surface area (Å²) in [4.78, 5) is 9.76. The molecule has 0 aromatic heterocycles. The van der Waals surface area contributed by atoms with Crippen LogP contribution in [-0.2, 0) is 4.74 Å². The van der Waals surface area contributed by atoms with Crippen molar-refractivity contribution >= 4 is 0 Å². The van der Waals surface area contributed by atoms with Crippen LogP contribution in [0.1, 0.15) is 6.92 Å². The zero-order valence-corrected chi connectivity index (χ0v) is 5.57. The van der Waals surface area contributed by atoms with E-state index in [9.17, 15) is 4.91 Å². The number of rotatable bonds is 4. The standard InChI is InChI=1S/C5H11NO3/c1-4(6-8)5(7)3-9-2/h4-5,7H,3H2,1-2H3/t4-,5-/m0/s1. The molecule has 0 spiro atoms. The second-order valence-corrected chi connectivity index (χ2v) is 1.87. The molecule has 0 rings (SSSR count). The molecule has 2 atom stereocenters. The Labute approximate surface area is 53.8 Å². The van der Waals surface area contributed by atoms with Crippen LogP contribution in [0.15, 0.2) is 5.18 Å². The third-order valence-electron chi connectivity index (χ3n) is 1.06. The minimum Gasteiger partial charge on any atom is -0.388 e. The van der Waals surface area contributed by atoms with Crippen LogP contribution in [0.5, 0.6) is 0 Å². The quantitative estimate of drug-likeness (QED) is 0.555. The topological polar surface area (TPSA) is 58.9 Å². The van der Waals surface area contributed by atoms with Gasteiger partial charge in [-0.15, -0.1) is 0 Å². The molecule has 0 aliphatic heterocycles. The van der Waals surface area contributed by atoms with Crippen molar-refractivity contribution in [1.82, 2.24) is 0 Å². The lowest BCUT2D eigenvalue weighted by atomic mass is 10.2. The molecule has 0 aliphatic carbocycles. The van der Waals surface area contributed by atoms with Crippen molar-refractivity contribution in [1.29, 1.82) is 0 Å². The Hall–Kier alpha value is -0.480. The molecule has 0 bridgehead atoms. The van der Waals surface area contributed by atoms with E-state index in [2.05, 4.69) is 9.91 Å². The van der Waals surface area contributed by atoms with Gasteiger partial charge in [0.25, 0.3) is 0 Å². The van der Waals surface area contributed by atoms with Crippen LogP contribution in [0.2, 0.25) is 0 Å². The SMILES string of the molecule is COC[C@H](O)[C@H](C)N=O. The Kier molecular flexibility index (Phi) is 4.17. The fourth-order valence-corrected chi connectivity index (χ4v) is 0.380. The van der Waals surface area contributed by atoms with Crippen molar-refractivity contribution in [3.05, 3.63) is 4.91 Å². The van der Waals surface area contributed by atoms with Gasteiger partial charge in [0.1, 0.15) is 12.1 Å². The van der Waals surface area contributed by atoms with Crippen LogP contribution in [0.25, 0.3) is 0 Å². The second-order valence-electron chi connectivity index (χ2n) is 1.87. The van der Waals surface area contributed by atoms with Gasteiger partial charge in [0, 0.05) is 7.11 Å². The van der Waals surface area contributed by atoms with Crippen LogP contribution in [0, 0.1) is 4.91 Å². The molecule has 0 fully saturated rings. The number of ether oxygens (including phenoxy) is 1. The van der Waals surface area contributed by atoms with Crippen LogP contribution in [0.3, 0.4) is 0 Å². The van der Waals surface area contributed by atoms with E-state index in [4.69, 9.17) is 5.11 Å². The summed E-state index contributed by atoms with van der Waals surface area (Å²) in [6.45, 7) is 1.70. The average Bonchev–Trinajstić information content (AvgIpc) is 1.87. The summed E-state index contributed by atoms with van der Waals surface area (Å²) in [5.74, 6) is 0. The molecule has 0 aromatic carbocycles. The Bertz CT molecular complexity index is 86.3. The number of hydrogen-bond donors (Lipinski definition) is 1. The van der Waals surface area contributed by atoms with Gasteiger partial charge < -0.3 is 9.84 Å². The fourth-order valence-electron chi connectivity index (χ4n) is 0.380. The van der Waals surface area contributed by atoms with Crippen molar-refractivity contribution in [3.8, 4) is 0 Å². The molecular formula is C5H11NO3. The number of nitroso groups, excluding NO2 is 1. The van der Waals surface area contributed by atoms with Crippen LogP contribution in [-0.4, -0.2) is 31.0 Å². The number of nitrogens with zero attached hydrogens (tertiary/aromatic N) is 1. The molecule has 0 saturated carbocycles. The van der Waals surface area contributed by atoms with E-state index in [0.29, 0.717) is 0 Å². The summed E-state index contributed by atoms with van der Waals surface area (Å²) in [7, 11) is 1.46. The van der Waals surface area contributed by atoms with E-state index in [1.165, 1.54) is 14.0 Å². The zero-order chi connectivity index (χ0) is 7.28. The molecule has 1 N–H and O–H groups in total. The Morgan fingerprint density at radius 1 is 1.78 bits per heavy atom. The first-order valence-electron chi connectivity index (χ1n) is 2.71. The lowest BCUT2D eigenvalue weighted by Crippen LogP contribution is -2.25. The smallest absolute Gasteiger partial charge is 0.117 e. The molecule has 0 unspecified atom stereocenters. The summed E-state index contributed by atoms with van der Waals surface area (Å²) < 4.78 is 4.58. The normalized spacial score (nSPS) is 16.8. The third kappa shape index (κ3) is 3.16. The zero-order valence-electron chi connectivity index (χ0n) is 5.57. The lowest BCUT2D eigenvalue weighted by molar-refractivity contribution is 0.0519. The van der Waals surface area contributed by atoms with Gasteiger partial charge in [-0.05, 0) is 6.92 Å². The van der Waals surface area contributed by atoms with Gasteiger partial charge in [0.2, 0.25) is 0 Å². The van der Waals surface area contributed by atoms with Crippen molar-refractivity contribution in [2.24, 2.45) is 5.18 Å². The van der Waals surface area contributed by atoms with Gasteiger partial charge in [-0.1, -0.05) is 5.18 Å². The van der Waals surface area contributed by atoms with E-state index in [0.717, 1.165) is 0 Å². The third-order valence-corrected chi connectivity index (χ3v) is 1.06. The maximum Gasteiger partial charge on any atom is 0.117 e. The fraction of sp³-hybridized carbons (Fsp3) is 1.00. The van der Waals surface area contributed by atoms with Crippen molar-refractivity contribution in [2.75, 3.05) is 13.7 Å². The van der Waals surface area contributed by atoms with E-state index in [-0.39, 0.29) is 6.61 Å². The molecule has 0 aromatic rings. The molecule has 4 heteroatoms. The summed E-state index contributed by atoms with van der Waals surface area (Å²) in [5.41, 5.74) is 0.